The second kappa shape index (κ2) is 7.14. The molecule has 2 heterocycles. The van der Waals surface area contributed by atoms with Crippen LogP contribution in [0.4, 0.5) is 5.69 Å². The molecule has 1 aromatic rings. The Labute approximate surface area is 128 Å². The molecule has 0 spiro atoms. The number of rotatable bonds is 4. The molecule has 0 unspecified atom stereocenters. The second-order valence-corrected chi connectivity index (χ2v) is 6.15. The van der Waals surface area contributed by atoms with Gasteiger partial charge in [0.25, 0.3) is 0 Å². The summed E-state index contributed by atoms with van der Waals surface area (Å²) in [6, 6.07) is 8.35. The minimum absolute atomic E-state index is 0.893. The van der Waals surface area contributed by atoms with E-state index in [9.17, 15) is 0 Å². The second-order valence-electron chi connectivity index (χ2n) is 6.15. The van der Waals surface area contributed by atoms with E-state index in [1.54, 1.807) is 7.11 Å². The summed E-state index contributed by atoms with van der Waals surface area (Å²) in [6.07, 6.45) is 2.68. The zero-order chi connectivity index (χ0) is 14.5. The Morgan fingerprint density at radius 3 is 2.52 bits per heavy atom. The van der Waals surface area contributed by atoms with Gasteiger partial charge in [-0.25, -0.2) is 0 Å². The lowest BCUT2D eigenvalue weighted by Crippen LogP contribution is -2.48. The van der Waals surface area contributed by atoms with Crippen LogP contribution in [0.1, 0.15) is 12.8 Å². The van der Waals surface area contributed by atoms with E-state index in [1.165, 1.54) is 51.3 Å². The van der Waals surface area contributed by atoms with Crippen molar-refractivity contribution < 1.29 is 4.74 Å². The molecule has 0 saturated carbocycles. The van der Waals surface area contributed by atoms with Gasteiger partial charge < -0.3 is 15.0 Å². The van der Waals surface area contributed by atoms with Crippen LogP contribution in [0.25, 0.3) is 0 Å². The van der Waals surface area contributed by atoms with Crippen molar-refractivity contribution in [2.24, 2.45) is 5.92 Å². The summed E-state index contributed by atoms with van der Waals surface area (Å²) in [6.45, 7) is 8.22. The third-order valence-electron chi connectivity index (χ3n) is 4.77. The van der Waals surface area contributed by atoms with E-state index in [0.29, 0.717) is 0 Å². The predicted molar refractivity (Wildman–Crippen MR) is 87.2 cm³/mol. The van der Waals surface area contributed by atoms with Crippen LogP contribution in [0.15, 0.2) is 24.3 Å². The highest BCUT2D eigenvalue weighted by Gasteiger charge is 2.22. The first-order chi connectivity index (χ1) is 10.4. The normalized spacial score (nSPS) is 21.5. The summed E-state index contributed by atoms with van der Waals surface area (Å²) in [5.41, 5.74) is 1.24. The van der Waals surface area contributed by atoms with Gasteiger partial charge in [-0.1, -0.05) is 12.1 Å². The molecule has 0 aromatic heterocycles. The van der Waals surface area contributed by atoms with Crippen LogP contribution in [-0.4, -0.2) is 57.8 Å². The molecule has 116 valence electrons. The van der Waals surface area contributed by atoms with Gasteiger partial charge in [0.05, 0.1) is 12.8 Å². The number of methoxy groups -OCH3 is 1. The van der Waals surface area contributed by atoms with Gasteiger partial charge >= 0.3 is 0 Å². The molecule has 4 nitrogen and oxygen atoms in total. The monoisotopic (exact) mass is 289 g/mol. The van der Waals surface area contributed by atoms with Crippen LogP contribution in [0.2, 0.25) is 0 Å². The fourth-order valence-corrected chi connectivity index (χ4v) is 3.49. The topological polar surface area (TPSA) is 27.7 Å². The lowest BCUT2D eigenvalue weighted by molar-refractivity contribution is 0.196. The highest BCUT2D eigenvalue weighted by Crippen LogP contribution is 2.28. The van der Waals surface area contributed by atoms with Crippen LogP contribution in [0, 0.1) is 5.92 Å². The SMILES string of the molecule is COc1ccccc1N1CCN(CC2CCNCC2)CC1. The van der Waals surface area contributed by atoms with Gasteiger partial charge in [-0.3, -0.25) is 4.90 Å². The standard InChI is InChI=1S/C17H27N3O/c1-21-17-5-3-2-4-16(17)20-12-10-19(11-13-20)14-15-6-8-18-9-7-15/h2-5,15,18H,6-14H2,1H3. The van der Waals surface area contributed by atoms with E-state index in [0.717, 1.165) is 24.8 Å². The number of piperazine rings is 1. The fraction of sp³-hybridized carbons (Fsp3) is 0.647. The molecule has 1 N–H and O–H groups in total. The summed E-state index contributed by atoms with van der Waals surface area (Å²) < 4.78 is 5.48. The van der Waals surface area contributed by atoms with Gasteiger partial charge in [0, 0.05) is 32.7 Å². The maximum Gasteiger partial charge on any atom is 0.142 e. The maximum atomic E-state index is 5.48. The van der Waals surface area contributed by atoms with Gasteiger partial charge in [0.2, 0.25) is 0 Å². The molecular formula is C17H27N3O. The first-order valence-corrected chi connectivity index (χ1v) is 8.18. The zero-order valence-corrected chi connectivity index (χ0v) is 13.1. The van der Waals surface area contributed by atoms with Crippen LogP contribution < -0.4 is 15.0 Å². The van der Waals surface area contributed by atoms with E-state index in [1.807, 2.05) is 6.07 Å². The molecule has 4 heteroatoms. The van der Waals surface area contributed by atoms with Crippen molar-refractivity contribution in [2.75, 3.05) is 57.8 Å². The number of para-hydroxylation sites is 2. The van der Waals surface area contributed by atoms with E-state index >= 15 is 0 Å². The Morgan fingerprint density at radius 2 is 1.81 bits per heavy atom. The van der Waals surface area contributed by atoms with E-state index < -0.39 is 0 Å². The Morgan fingerprint density at radius 1 is 1.10 bits per heavy atom. The summed E-state index contributed by atoms with van der Waals surface area (Å²) >= 11 is 0. The zero-order valence-electron chi connectivity index (χ0n) is 13.1. The number of nitrogens with zero attached hydrogens (tertiary/aromatic N) is 2. The lowest BCUT2D eigenvalue weighted by atomic mass is 9.97. The van der Waals surface area contributed by atoms with Crippen LogP contribution >= 0.6 is 0 Å². The molecule has 2 saturated heterocycles. The Bertz CT molecular complexity index is 437. The molecule has 3 rings (SSSR count). The van der Waals surface area contributed by atoms with Crippen LogP contribution in [0.5, 0.6) is 5.75 Å². The molecule has 2 aliphatic rings. The summed E-state index contributed by atoms with van der Waals surface area (Å²) in [7, 11) is 1.76. The summed E-state index contributed by atoms with van der Waals surface area (Å²) in [5, 5.41) is 3.45. The minimum atomic E-state index is 0.893. The predicted octanol–water partition coefficient (Wildman–Crippen LogP) is 1.82. The summed E-state index contributed by atoms with van der Waals surface area (Å²) in [4.78, 5) is 5.10. The molecule has 0 amide bonds. The van der Waals surface area contributed by atoms with Gasteiger partial charge in [-0.2, -0.15) is 0 Å². The van der Waals surface area contributed by atoms with E-state index in [2.05, 4.69) is 33.3 Å². The maximum absolute atomic E-state index is 5.48. The van der Waals surface area contributed by atoms with E-state index in [4.69, 9.17) is 4.74 Å². The van der Waals surface area contributed by atoms with Crippen molar-refractivity contribution in [3.8, 4) is 5.75 Å². The van der Waals surface area contributed by atoms with Gasteiger partial charge in [0.1, 0.15) is 5.75 Å². The third kappa shape index (κ3) is 3.69. The van der Waals surface area contributed by atoms with E-state index in [-0.39, 0.29) is 0 Å². The largest absolute Gasteiger partial charge is 0.495 e. The molecule has 21 heavy (non-hydrogen) atoms. The highest BCUT2D eigenvalue weighted by atomic mass is 16.5. The van der Waals surface area contributed by atoms with Crippen LogP contribution in [0.3, 0.4) is 0 Å². The van der Waals surface area contributed by atoms with Crippen molar-refractivity contribution in [2.45, 2.75) is 12.8 Å². The summed E-state index contributed by atoms with van der Waals surface area (Å²) in [5.74, 6) is 1.88. The molecule has 1 aromatic carbocycles. The number of nitrogens with one attached hydrogen (secondary N) is 1. The van der Waals surface area contributed by atoms with Crippen molar-refractivity contribution in [1.29, 1.82) is 0 Å². The molecule has 0 radical (unpaired) electrons. The minimum Gasteiger partial charge on any atom is -0.495 e. The first kappa shape index (κ1) is 14.7. The lowest BCUT2D eigenvalue weighted by Gasteiger charge is -2.38. The van der Waals surface area contributed by atoms with Crippen molar-refractivity contribution >= 4 is 5.69 Å². The Kier molecular flexibility index (Phi) is 4.99. The molecular weight excluding hydrogens is 262 g/mol. The molecule has 0 atom stereocenters. The number of ether oxygens (including phenoxy) is 1. The molecule has 0 aliphatic carbocycles. The van der Waals surface area contributed by atoms with Gasteiger partial charge in [0.15, 0.2) is 0 Å². The van der Waals surface area contributed by atoms with Crippen molar-refractivity contribution in [3.63, 3.8) is 0 Å². The molecule has 0 bridgehead atoms. The van der Waals surface area contributed by atoms with Crippen molar-refractivity contribution in [1.82, 2.24) is 10.2 Å². The molecule has 2 aliphatic heterocycles. The molecule has 2 fully saturated rings. The number of hydrogen-bond donors (Lipinski definition) is 1. The van der Waals surface area contributed by atoms with Crippen molar-refractivity contribution in [3.05, 3.63) is 24.3 Å². The first-order valence-electron chi connectivity index (χ1n) is 8.18. The average molecular weight is 289 g/mol. The Hall–Kier alpha value is -1.26. The van der Waals surface area contributed by atoms with Crippen LogP contribution in [-0.2, 0) is 0 Å². The quantitative estimate of drug-likeness (QED) is 0.915. The van der Waals surface area contributed by atoms with Gasteiger partial charge in [-0.05, 0) is 44.0 Å². The number of benzene rings is 1. The number of anilines is 1. The number of hydrogen-bond acceptors (Lipinski definition) is 4. The smallest absolute Gasteiger partial charge is 0.142 e. The highest BCUT2D eigenvalue weighted by molar-refractivity contribution is 5.58. The average Bonchev–Trinajstić information content (AvgIpc) is 2.56. The third-order valence-corrected chi connectivity index (χ3v) is 4.77. The number of piperidine rings is 1. The Balaban J connectivity index is 1.52. The van der Waals surface area contributed by atoms with Gasteiger partial charge in [-0.15, -0.1) is 0 Å². The fourth-order valence-electron chi connectivity index (χ4n) is 3.49.